The van der Waals surface area contributed by atoms with Gasteiger partial charge in [-0.1, -0.05) is 58.9 Å². The summed E-state index contributed by atoms with van der Waals surface area (Å²) in [4.78, 5) is 55.8. The number of ether oxygens (including phenoxy) is 1. The Morgan fingerprint density at radius 3 is 2.05 bits per heavy atom. The highest BCUT2D eigenvalue weighted by Crippen LogP contribution is 2.37. The molecule has 2 rings (SSSR count). The smallest absolute Gasteiger partial charge is 0.410 e. The third-order valence-corrected chi connectivity index (χ3v) is 7.78. The lowest BCUT2D eigenvalue weighted by molar-refractivity contribution is -0.141. The van der Waals surface area contributed by atoms with Gasteiger partial charge in [-0.15, -0.1) is 0 Å². The number of likely N-dealkylation sites (N-methyl/N-ethyl adjacent to an activating group) is 2. The molecule has 1 aromatic carbocycles. The van der Waals surface area contributed by atoms with Gasteiger partial charge in [-0.2, -0.15) is 0 Å². The lowest BCUT2D eigenvalue weighted by Gasteiger charge is -2.42. The number of hydrogen-bond acceptors (Lipinski definition) is 5. The molecule has 238 valence electrons. The number of carboxylic acid groups (broad SMARTS) is 1. The zero-order chi connectivity index (χ0) is 33.2. The number of benzene rings is 1. The Bertz CT molecular complexity index is 1390. The van der Waals surface area contributed by atoms with Gasteiger partial charge in [0.05, 0.1) is 0 Å². The normalized spacial score (nSPS) is 15.0. The summed E-state index contributed by atoms with van der Waals surface area (Å²) in [6.07, 6.45) is 2.79. The SMILES string of the molecule is C/C(=C\[C@H](C)N(C)C(=O)[C@@H](NC(=O)[C@@H](N(C)C(=O)OC(C)(C)C)C(C)(C)c1cn(C)c2ccccc12)C(C)(C)C)C(=O)O. The highest BCUT2D eigenvalue weighted by Gasteiger charge is 2.46. The first-order valence-corrected chi connectivity index (χ1v) is 14.5. The van der Waals surface area contributed by atoms with Gasteiger partial charge in [0.1, 0.15) is 17.7 Å². The maximum absolute atomic E-state index is 14.4. The van der Waals surface area contributed by atoms with Crippen molar-refractivity contribution in [3.63, 3.8) is 0 Å². The van der Waals surface area contributed by atoms with Gasteiger partial charge in [-0.05, 0) is 51.7 Å². The van der Waals surface area contributed by atoms with Crippen molar-refractivity contribution in [2.24, 2.45) is 12.5 Å². The first kappa shape index (κ1) is 35.4. The molecule has 10 nitrogen and oxygen atoms in total. The van der Waals surface area contributed by atoms with Crippen molar-refractivity contribution in [3.05, 3.63) is 47.7 Å². The third kappa shape index (κ3) is 8.18. The summed E-state index contributed by atoms with van der Waals surface area (Å²) in [5.41, 5.74) is -0.486. The summed E-state index contributed by atoms with van der Waals surface area (Å²) in [5.74, 6) is -1.97. The topological polar surface area (TPSA) is 121 Å². The standard InChI is InChI=1S/C33H50N4O6/c1-20(29(40)41)18-21(2)36(12)28(39)25(31(3,4)5)34-27(38)26(37(13)30(42)43-32(6,7)8)33(9,10)23-19-35(11)24-17-15-14-16-22(23)24/h14-19,21,25-26H,1-13H3,(H,34,38)(H,40,41)/b20-18+/t21-,25+,26+/m0/s1. The van der Waals surface area contributed by atoms with Gasteiger partial charge < -0.3 is 24.6 Å². The van der Waals surface area contributed by atoms with E-state index in [4.69, 9.17) is 4.74 Å². The maximum atomic E-state index is 14.4. The largest absolute Gasteiger partial charge is 0.478 e. The van der Waals surface area contributed by atoms with Crippen LogP contribution in [0.2, 0.25) is 0 Å². The number of carboxylic acids is 1. The van der Waals surface area contributed by atoms with Crippen LogP contribution in [-0.2, 0) is 31.6 Å². The molecular weight excluding hydrogens is 548 g/mol. The predicted molar refractivity (Wildman–Crippen MR) is 169 cm³/mol. The molecule has 2 aromatic rings. The molecule has 0 aliphatic heterocycles. The molecule has 0 bridgehead atoms. The Morgan fingerprint density at radius 2 is 1.53 bits per heavy atom. The monoisotopic (exact) mass is 598 g/mol. The van der Waals surface area contributed by atoms with E-state index in [1.54, 1.807) is 34.7 Å². The second kappa shape index (κ2) is 12.8. The summed E-state index contributed by atoms with van der Waals surface area (Å²) in [7, 11) is 5.04. The molecule has 10 heteroatoms. The van der Waals surface area contributed by atoms with Crippen molar-refractivity contribution in [1.29, 1.82) is 0 Å². The van der Waals surface area contributed by atoms with Gasteiger partial charge in [-0.25, -0.2) is 9.59 Å². The van der Waals surface area contributed by atoms with Crippen LogP contribution in [0.3, 0.4) is 0 Å². The van der Waals surface area contributed by atoms with E-state index in [0.29, 0.717) is 0 Å². The van der Waals surface area contributed by atoms with Gasteiger partial charge in [-0.3, -0.25) is 14.5 Å². The molecular formula is C33H50N4O6. The fourth-order valence-corrected chi connectivity index (χ4v) is 5.25. The molecule has 0 radical (unpaired) electrons. The number of aryl methyl sites for hydroxylation is 1. The van der Waals surface area contributed by atoms with E-state index in [2.05, 4.69) is 5.32 Å². The van der Waals surface area contributed by atoms with Crippen LogP contribution in [0, 0.1) is 5.41 Å². The average molecular weight is 599 g/mol. The number of nitrogens with zero attached hydrogens (tertiary/aromatic N) is 3. The van der Waals surface area contributed by atoms with E-state index in [9.17, 15) is 24.3 Å². The molecule has 3 amide bonds. The highest BCUT2D eigenvalue weighted by atomic mass is 16.6. The minimum Gasteiger partial charge on any atom is -0.478 e. The van der Waals surface area contributed by atoms with Gasteiger partial charge in [0.2, 0.25) is 11.8 Å². The Labute approximate surface area is 256 Å². The van der Waals surface area contributed by atoms with Crippen LogP contribution < -0.4 is 5.32 Å². The minimum absolute atomic E-state index is 0.111. The van der Waals surface area contributed by atoms with Crippen LogP contribution in [0.5, 0.6) is 0 Å². The van der Waals surface area contributed by atoms with E-state index in [1.807, 2.05) is 76.7 Å². The number of carbonyl (C=O) groups excluding carboxylic acids is 3. The second-order valence-corrected chi connectivity index (χ2v) is 14.0. The van der Waals surface area contributed by atoms with E-state index in [-0.39, 0.29) is 11.5 Å². The molecule has 0 saturated carbocycles. The summed E-state index contributed by atoms with van der Waals surface area (Å²) in [6.45, 7) is 17.8. The van der Waals surface area contributed by atoms with Gasteiger partial charge in [0.15, 0.2) is 0 Å². The van der Waals surface area contributed by atoms with E-state index in [0.717, 1.165) is 16.5 Å². The van der Waals surface area contributed by atoms with Crippen molar-refractivity contribution in [1.82, 2.24) is 19.7 Å². The molecule has 0 unspecified atom stereocenters. The number of nitrogens with one attached hydrogen (secondary N) is 1. The quantitative estimate of drug-likeness (QED) is 0.388. The number of carbonyl (C=O) groups is 4. The van der Waals surface area contributed by atoms with E-state index < -0.39 is 52.5 Å². The summed E-state index contributed by atoms with van der Waals surface area (Å²) in [6, 6.07) is 5.26. The number of fused-ring (bicyclic) bond motifs is 1. The molecule has 1 heterocycles. The Hall–Kier alpha value is -3.82. The highest BCUT2D eigenvalue weighted by molar-refractivity contribution is 5.94. The van der Waals surface area contributed by atoms with Crippen LogP contribution in [0.25, 0.3) is 10.9 Å². The van der Waals surface area contributed by atoms with Crippen LogP contribution >= 0.6 is 0 Å². The molecule has 43 heavy (non-hydrogen) atoms. The molecule has 0 aliphatic carbocycles. The van der Waals surface area contributed by atoms with Crippen molar-refractivity contribution < 1.29 is 29.0 Å². The Morgan fingerprint density at radius 1 is 0.977 bits per heavy atom. The number of rotatable bonds is 9. The van der Waals surface area contributed by atoms with Crippen LogP contribution in [0.4, 0.5) is 4.79 Å². The molecule has 2 N–H and O–H groups in total. The first-order chi connectivity index (χ1) is 19.5. The van der Waals surface area contributed by atoms with Crippen molar-refractivity contribution in [2.75, 3.05) is 14.1 Å². The molecule has 0 fully saturated rings. The van der Waals surface area contributed by atoms with Crippen LogP contribution in [0.1, 0.15) is 74.8 Å². The van der Waals surface area contributed by atoms with Crippen molar-refractivity contribution >= 4 is 34.8 Å². The van der Waals surface area contributed by atoms with Crippen molar-refractivity contribution in [3.8, 4) is 0 Å². The van der Waals surface area contributed by atoms with Gasteiger partial charge in [0, 0.05) is 55.3 Å². The zero-order valence-electron chi connectivity index (χ0n) is 28.0. The summed E-state index contributed by atoms with van der Waals surface area (Å²) < 4.78 is 7.66. The van der Waals surface area contributed by atoms with Gasteiger partial charge >= 0.3 is 12.1 Å². The lowest BCUT2D eigenvalue weighted by atomic mass is 9.76. The predicted octanol–water partition coefficient (Wildman–Crippen LogP) is 5.10. The molecule has 0 saturated heterocycles. The second-order valence-electron chi connectivity index (χ2n) is 14.0. The van der Waals surface area contributed by atoms with Crippen LogP contribution in [-0.4, -0.2) is 81.2 Å². The summed E-state index contributed by atoms with van der Waals surface area (Å²) in [5, 5.41) is 13.2. The molecule has 0 spiro atoms. The Kier molecular flexibility index (Phi) is 10.5. The van der Waals surface area contributed by atoms with E-state index in [1.165, 1.54) is 29.8 Å². The fraction of sp³-hybridized carbons (Fsp3) is 0.576. The van der Waals surface area contributed by atoms with Crippen molar-refractivity contribution in [2.45, 2.75) is 98.4 Å². The lowest BCUT2D eigenvalue weighted by Crippen LogP contribution is -2.62. The van der Waals surface area contributed by atoms with Crippen LogP contribution in [0.15, 0.2) is 42.1 Å². The molecule has 0 aliphatic rings. The Balaban J connectivity index is 2.62. The number of aliphatic carboxylic acids is 1. The first-order valence-electron chi connectivity index (χ1n) is 14.5. The minimum atomic E-state index is -1.07. The summed E-state index contributed by atoms with van der Waals surface area (Å²) >= 11 is 0. The van der Waals surface area contributed by atoms with Gasteiger partial charge in [0.25, 0.3) is 0 Å². The molecule has 1 aromatic heterocycles. The number of aromatic nitrogens is 1. The average Bonchev–Trinajstić information content (AvgIpc) is 3.21. The van der Waals surface area contributed by atoms with E-state index >= 15 is 0 Å². The number of amides is 3. The molecule has 3 atom stereocenters. The maximum Gasteiger partial charge on any atom is 0.410 e. The third-order valence-electron chi connectivity index (χ3n) is 7.78. The number of hydrogen-bond donors (Lipinski definition) is 2. The number of para-hydroxylation sites is 1. The zero-order valence-corrected chi connectivity index (χ0v) is 28.0. The fourth-order valence-electron chi connectivity index (χ4n) is 5.25.